The molecule has 1 amide bonds. The van der Waals surface area contributed by atoms with Crippen LogP contribution in [-0.4, -0.2) is 18.3 Å². The summed E-state index contributed by atoms with van der Waals surface area (Å²) in [6, 6.07) is 0. The van der Waals surface area contributed by atoms with Crippen molar-refractivity contribution in [1.82, 2.24) is 0 Å². The minimum absolute atomic E-state index is 0.539. The molecule has 0 aromatic rings. The molecule has 1 aliphatic heterocycles. The van der Waals surface area contributed by atoms with Crippen LogP contribution in [0.25, 0.3) is 0 Å². The lowest BCUT2D eigenvalue weighted by atomic mass is 10.1. The van der Waals surface area contributed by atoms with Crippen molar-refractivity contribution in [2.24, 2.45) is 10.9 Å². The van der Waals surface area contributed by atoms with Crippen molar-refractivity contribution in [3.05, 3.63) is 11.1 Å². The molecule has 0 saturated carbocycles. The van der Waals surface area contributed by atoms with Crippen molar-refractivity contribution in [2.45, 2.75) is 6.18 Å². The first-order chi connectivity index (χ1) is 5.43. The van der Waals surface area contributed by atoms with E-state index in [1.165, 1.54) is 0 Å². The molecule has 0 N–H and O–H groups in total. The normalized spacial score (nSPS) is 24.2. The summed E-state index contributed by atoms with van der Waals surface area (Å²) in [7, 11) is 0. The largest absolute Gasteiger partial charge is 0.405 e. The summed E-state index contributed by atoms with van der Waals surface area (Å²) < 4.78 is 36.1. The van der Waals surface area contributed by atoms with E-state index in [2.05, 4.69) is 4.99 Å². The Morgan fingerprint density at radius 1 is 1.50 bits per heavy atom. The summed E-state index contributed by atoms with van der Waals surface area (Å²) in [6.45, 7) is 0. The van der Waals surface area contributed by atoms with Crippen molar-refractivity contribution in [3.63, 3.8) is 0 Å². The predicted molar refractivity (Wildman–Crippen MR) is 37.0 cm³/mol. The fourth-order valence-corrected chi connectivity index (χ4v) is 1.04. The van der Waals surface area contributed by atoms with Crippen LogP contribution in [-0.2, 0) is 4.79 Å². The third kappa shape index (κ3) is 1.66. The Balaban J connectivity index is 2.98. The smallest absolute Gasteiger partial charge is 0.271 e. The molecule has 2 nitrogen and oxygen atoms in total. The van der Waals surface area contributed by atoms with Crippen molar-refractivity contribution in [3.8, 4) is 0 Å². The van der Waals surface area contributed by atoms with Gasteiger partial charge in [0.25, 0.3) is 5.91 Å². The Morgan fingerprint density at radius 2 is 2.08 bits per heavy atom. The predicted octanol–water partition coefficient (Wildman–Crippen LogP) is 1.90. The Morgan fingerprint density at radius 3 is 2.42 bits per heavy atom. The maximum atomic E-state index is 12.0. The number of dihydropyridines is 1. The van der Waals surface area contributed by atoms with Crippen LogP contribution in [0.5, 0.6) is 0 Å². The number of allylic oxidation sites excluding steroid dienone is 1. The van der Waals surface area contributed by atoms with Crippen LogP contribution in [0.15, 0.2) is 16.1 Å². The molecule has 0 aromatic heterocycles. The standard InChI is InChI=1S/C6H3ClF3NO/c7-3-1-2-11-5(12)4(3)6(8,9)10/h1-2,4H. The number of aliphatic imine (C=N–C) groups is 1. The molecule has 6 heteroatoms. The third-order valence-corrected chi connectivity index (χ3v) is 1.63. The summed E-state index contributed by atoms with van der Waals surface area (Å²) in [6.07, 6.45) is -2.74. The quantitative estimate of drug-likeness (QED) is 0.583. The molecule has 0 bridgehead atoms. The lowest BCUT2D eigenvalue weighted by molar-refractivity contribution is -0.171. The van der Waals surface area contributed by atoms with Gasteiger partial charge in [0, 0.05) is 11.2 Å². The van der Waals surface area contributed by atoms with E-state index in [9.17, 15) is 18.0 Å². The molecule has 1 atom stereocenters. The summed E-state index contributed by atoms with van der Waals surface area (Å²) in [5, 5.41) is -0.539. The van der Waals surface area contributed by atoms with Crippen LogP contribution >= 0.6 is 11.6 Å². The fraction of sp³-hybridized carbons (Fsp3) is 0.333. The molecule has 1 aliphatic rings. The van der Waals surface area contributed by atoms with Gasteiger partial charge in [-0.05, 0) is 6.08 Å². The van der Waals surface area contributed by atoms with E-state index < -0.39 is 23.0 Å². The van der Waals surface area contributed by atoms with Gasteiger partial charge in [-0.15, -0.1) is 0 Å². The second-order valence-corrected chi connectivity index (χ2v) is 2.58. The summed E-state index contributed by atoms with van der Waals surface area (Å²) in [5.74, 6) is -3.54. The SMILES string of the molecule is O=C1N=CC=C(Cl)C1C(F)(F)F. The van der Waals surface area contributed by atoms with E-state index in [4.69, 9.17) is 11.6 Å². The Labute approximate surface area is 70.7 Å². The maximum Gasteiger partial charge on any atom is 0.405 e. The molecule has 66 valence electrons. The van der Waals surface area contributed by atoms with Crippen LogP contribution in [0.4, 0.5) is 13.2 Å². The highest BCUT2D eigenvalue weighted by atomic mass is 35.5. The molecule has 1 heterocycles. The first-order valence-electron chi connectivity index (χ1n) is 2.93. The van der Waals surface area contributed by atoms with Gasteiger partial charge in [-0.1, -0.05) is 11.6 Å². The molecule has 0 aromatic carbocycles. The van der Waals surface area contributed by atoms with Crippen LogP contribution in [0, 0.1) is 5.92 Å². The molecule has 0 fully saturated rings. The van der Waals surface area contributed by atoms with E-state index in [1.54, 1.807) is 0 Å². The zero-order valence-electron chi connectivity index (χ0n) is 5.60. The lowest BCUT2D eigenvalue weighted by Crippen LogP contribution is -2.31. The molecule has 1 rings (SSSR count). The van der Waals surface area contributed by atoms with Crippen LogP contribution in [0.1, 0.15) is 0 Å². The molecule has 0 spiro atoms. The number of amides is 1. The number of halogens is 4. The molecular weight excluding hydrogens is 195 g/mol. The van der Waals surface area contributed by atoms with Crippen molar-refractivity contribution in [2.75, 3.05) is 0 Å². The molecular formula is C6H3ClF3NO. The topological polar surface area (TPSA) is 29.4 Å². The molecule has 0 saturated heterocycles. The van der Waals surface area contributed by atoms with Crippen molar-refractivity contribution in [1.29, 1.82) is 0 Å². The number of hydrogen-bond acceptors (Lipinski definition) is 1. The average molecular weight is 198 g/mol. The van der Waals surface area contributed by atoms with Crippen LogP contribution < -0.4 is 0 Å². The van der Waals surface area contributed by atoms with Gasteiger partial charge in [-0.25, -0.2) is 4.99 Å². The van der Waals surface area contributed by atoms with Gasteiger partial charge in [-0.2, -0.15) is 13.2 Å². The van der Waals surface area contributed by atoms with Gasteiger partial charge >= 0.3 is 6.18 Å². The number of carbonyl (C=O) groups is 1. The van der Waals surface area contributed by atoms with E-state index >= 15 is 0 Å². The second-order valence-electron chi connectivity index (χ2n) is 2.14. The molecule has 0 radical (unpaired) electrons. The van der Waals surface area contributed by atoms with Gasteiger partial charge in [0.05, 0.1) is 0 Å². The average Bonchev–Trinajstić information content (AvgIpc) is 1.82. The summed E-state index contributed by atoms with van der Waals surface area (Å²) >= 11 is 5.19. The van der Waals surface area contributed by atoms with E-state index in [0.29, 0.717) is 0 Å². The third-order valence-electron chi connectivity index (χ3n) is 1.29. The van der Waals surface area contributed by atoms with E-state index in [-0.39, 0.29) is 0 Å². The van der Waals surface area contributed by atoms with Crippen LogP contribution in [0.3, 0.4) is 0 Å². The lowest BCUT2D eigenvalue weighted by Gasteiger charge is -2.17. The number of nitrogens with zero attached hydrogens (tertiary/aromatic N) is 1. The first kappa shape index (κ1) is 9.25. The minimum atomic E-state index is -4.65. The molecule has 12 heavy (non-hydrogen) atoms. The second kappa shape index (κ2) is 2.90. The number of hydrogen-bond donors (Lipinski definition) is 0. The Bertz CT molecular complexity index is 268. The van der Waals surface area contributed by atoms with Gasteiger partial charge in [0.2, 0.25) is 0 Å². The Hall–Kier alpha value is -0.840. The minimum Gasteiger partial charge on any atom is -0.271 e. The molecule has 0 aliphatic carbocycles. The maximum absolute atomic E-state index is 12.0. The summed E-state index contributed by atoms with van der Waals surface area (Å²) in [4.78, 5) is 13.6. The van der Waals surface area contributed by atoms with Gasteiger partial charge in [0.1, 0.15) is 0 Å². The zero-order chi connectivity index (χ0) is 9.35. The van der Waals surface area contributed by atoms with Crippen molar-refractivity contribution >= 4 is 23.7 Å². The van der Waals surface area contributed by atoms with E-state index in [0.717, 1.165) is 12.3 Å². The zero-order valence-corrected chi connectivity index (χ0v) is 6.36. The summed E-state index contributed by atoms with van der Waals surface area (Å²) in [5.41, 5.74) is 0. The monoisotopic (exact) mass is 197 g/mol. The highest BCUT2D eigenvalue weighted by Gasteiger charge is 2.47. The fourth-order valence-electron chi connectivity index (χ4n) is 0.767. The van der Waals surface area contributed by atoms with Crippen molar-refractivity contribution < 1.29 is 18.0 Å². The number of rotatable bonds is 0. The van der Waals surface area contributed by atoms with Gasteiger partial charge in [0.15, 0.2) is 5.92 Å². The first-order valence-corrected chi connectivity index (χ1v) is 3.31. The Kier molecular flexibility index (Phi) is 2.23. The molecule has 1 unspecified atom stereocenters. The number of alkyl halides is 3. The van der Waals surface area contributed by atoms with Gasteiger partial charge in [-0.3, -0.25) is 4.79 Å². The highest BCUT2D eigenvalue weighted by molar-refractivity contribution is 6.33. The van der Waals surface area contributed by atoms with E-state index in [1.807, 2.05) is 0 Å². The number of carbonyl (C=O) groups excluding carboxylic acids is 1. The van der Waals surface area contributed by atoms with Gasteiger partial charge < -0.3 is 0 Å². The highest BCUT2D eigenvalue weighted by Crippen LogP contribution is 2.35. The van der Waals surface area contributed by atoms with Crippen LogP contribution in [0.2, 0.25) is 0 Å².